The minimum Gasteiger partial charge on any atom is -0.478 e. The lowest BCUT2D eigenvalue weighted by Gasteiger charge is -2.20. The number of aliphatic hydroxyl groups is 1. The molecule has 0 fully saturated rings. The molecule has 0 bridgehead atoms. The van der Waals surface area contributed by atoms with Crippen molar-refractivity contribution in [3.63, 3.8) is 0 Å². The van der Waals surface area contributed by atoms with Crippen LogP contribution in [0.2, 0.25) is 0 Å². The van der Waals surface area contributed by atoms with Crippen LogP contribution in [0.1, 0.15) is 24.5 Å². The first-order valence-electron chi connectivity index (χ1n) is 5.46. The number of aliphatic hydroxyl groups excluding tert-OH is 1. The van der Waals surface area contributed by atoms with Gasteiger partial charge in [0.25, 0.3) is 0 Å². The van der Waals surface area contributed by atoms with Crippen LogP contribution in [0.5, 0.6) is 0 Å². The lowest BCUT2D eigenvalue weighted by Crippen LogP contribution is -2.17. The van der Waals surface area contributed by atoms with Crippen LogP contribution < -0.4 is 0 Å². The third-order valence-electron chi connectivity index (χ3n) is 3.06. The van der Waals surface area contributed by atoms with Gasteiger partial charge in [-0.25, -0.2) is 4.79 Å². The maximum absolute atomic E-state index is 11.0. The van der Waals surface area contributed by atoms with E-state index in [0.29, 0.717) is 12.0 Å². The molecule has 2 N–H and O–H groups in total. The molecule has 0 radical (unpaired) electrons. The van der Waals surface area contributed by atoms with Crippen molar-refractivity contribution in [2.75, 3.05) is 0 Å². The van der Waals surface area contributed by atoms with Gasteiger partial charge in [0.15, 0.2) is 0 Å². The van der Waals surface area contributed by atoms with Gasteiger partial charge in [-0.3, -0.25) is 0 Å². The molecule has 0 spiro atoms. The van der Waals surface area contributed by atoms with Crippen LogP contribution in [0.15, 0.2) is 40.4 Å². The molecule has 2 unspecified atom stereocenters. The number of carbonyl (C=O) groups is 1. The lowest BCUT2D eigenvalue weighted by molar-refractivity contribution is -0.133. The summed E-state index contributed by atoms with van der Waals surface area (Å²) in [5.41, 5.74) is 1.08. The maximum Gasteiger partial charge on any atom is 0.331 e. The van der Waals surface area contributed by atoms with Crippen molar-refractivity contribution in [3.8, 4) is 0 Å². The Kier molecular flexibility index (Phi) is 3.64. The number of hydrogen-bond donors (Lipinski definition) is 2. The Balaban J connectivity index is 2.23. The molecule has 0 saturated carbocycles. The zero-order valence-corrected chi connectivity index (χ0v) is 10.7. The normalized spacial score (nSPS) is 21.1. The van der Waals surface area contributed by atoms with Crippen molar-refractivity contribution < 1.29 is 15.0 Å². The highest BCUT2D eigenvalue weighted by molar-refractivity contribution is 9.10. The van der Waals surface area contributed by atoms with E-state index in [-0.39, 0.29) is 5.92 Å². The maximum atomic E-state index is 11.0. The van der Waals surface area contributed by atoms with E-state index in [1.165, 1.54) is 0 Å². The minimum absolute atomic E-state index is 0.304. The fourth-order valence-electron chi connectivity index (χ4n) is 2.22. The molecular weight excluding hydrogens is 284 g/mol. The average Bonchev–Trinajstić information content (AvgIpc) is 2.77. The van der Waals surface area contributed by atoms with Crippen molar-refractivity contribution in [2.45, 2.75) is 18.9 Å². The predicted octanol–water partition coefficient (Wildman–Crippen LogP) is 2.90. The SMILES string of the molecule is O=C(O)C1=CCCC1C(O)c1cccc(Br)c1. The second-order valence-electron chi connectivity index (χ2n) is 4.15. The summed E-state index contributed by atoms with van der Waals surface area (Å²) in [6, 6.07) is 7.34. The second kappa shape index (κ2) is 5.02. The molecule has 1 aliphatic carbocycles. The smallest absolute Gasteiger partial charge is 0.331 e. The lowest BCUT2D eigenvalue weighted by atomic mass is 9.90. The Labute approximate surface area is 108 Å². The highest BCUT2D eigenvalue weighted by Crippen LogP contribution is 2.37. The monoisotopic (exact) mass is 296 g/mol. The molecule has 17 heavy (non-hydrogen) atoms. The molecule has 1 aliphatic rings. The second-order valence-corrected chi connectivity index (χ2v) is 5.06. The summed E-state index contributed by atoms with van der Waals surface area (Å²) >= 11 is 3.34. The van der Waals surface area contributed by atoms with Crippen molar-refractivity contribution in [1.82, 2.24) is 0 Å². The van der Waals surface area contributed by atoms with E-state index in [1.807, 2.05) is 24.3 Å². The molecular formula is C13H13BrO3. The van der Waals surface area contributed by atoms with E-state index in [9.17, 15) is 9.90 Å². The zero-order chi connectivity index (χ0) is 12.4. The molecule has 0 saturated heterocycles. The summed E-state index contributed by atoms with van der Waals surface area (Å²) < 4.78 is 0.882. The summed E-state index contributed by atoms with van der Waals surface area (Å²) in [5, 5.41) is 19.3. The van der Waals surface area contributed by atoms with Gasteiger partial charge in [0.1, 0.15) is 0 Å². The van der Waals surface area contributed by atoms with Gasteiger partial charge in [-0.05, 0) is 30.5 Å². The number of halogens is 1. The first kappa shape index (κ1) is 12.3. The van der Waals surface area contributed by atoms with Crippen LogP contribution in [-0.4, -0.2) is 16.2 Å². The number of rotatable bonds is 3. The highest BCUT2D eigenvalue weighted by Gasteiger charge is 2.31. The van der Waals surface area contributed by atoms with Crippen molar-refractivity contribution in [3.05, 3.63) is 46.0 Å². The fourth-order valence-corrected chi connectivity index (χ4v) is 2.64. The van der Waals surface area contributed by atoms with Gasteiger partial charge in [-0.2, -0.15) is 0 Å². The molecule has 3 nitrogen and oxygen atoms in total. The number of carboxylic acids is 1. The van der Waals surface area contributed by atoms with Crippen LogP contribution in [0.25, 0.3) is 0 Å². The van der Waals surface area contributed by atoms with E-state index in [1.54, 1.807) is 6.08 Å². The molecule has 90 valence electrons. The molecule has 2 atom stereocenters. The summed E-state index contributed by atoms with van der Waals surface area (Å²) in [6.07, 6.45) is 2.36. The topological polar surface area (TPSA) is 57.5 Å². The Hall–Kier alpha value is -1.13. The highest BCUT2D eigenvalue weighted by atomic mass is 79.9. The molecule has 4 heteroatoms. The van der Waals surface area contributed by atoms with E-state index in [4.69, 9.17) is 5.11 Å². The molecule has 1 aromatic carbocycles. The first-order valence-corrected chi connectivity index (χ1v) is 6.26. The van der Waals surface area contributed by atoms with E-state index >= 15 is 0 Å². The molecule has 0 aliphatic heterocycles. The number of aliphatic carboxylic acids is 1. The van der Waals surface area contributed by atoms with Crippen LogP contribution in [0.4, 0.5) is 0 Å². The van der Waals surface area contributed by atoms with Crippen molar-refractivity contribution in [1.29, 1.82) is 0 Å². The van der Waals surface area contributed by atoms with Gasteiger partial charge in [0, 0.05) is 16.0 Å². The van der Waals surface area contributed by atoms with Gasteiger partial charge < -0.3 is 10.2 Å². The first-order chi connectivity index (χ1) is 8.09. The number of hydrogen-bond acceptors (Lipinski definition) is 2. The Morgan fingerprint density at radius 1 is 1.47 bits per heavy atom. The number of allylic oxidation sites excluding steroid dienone is 1. The summed E-state index contributed by atoms with van der Waals surface area (Å²) in [5.74, 6) is -1.23. The van der Waals surface area contributed by atoms with Gasteiger partial charge in [0.2, 0.25) is 0 Å². The molecule has 1 aromatic rings. The third kappa shape index (κ3) is 2.58. The van der Waals surface area contributed by atoms with Gasteiger partial charge in [-0.15, -0.1) is 0 Å². The standard InChI is InChI=1S/C13H13BrO3/c14-9-4-1-3-8(7-9)12(15)10-5-2-6-11(10)13(16)17/h1,3-4,6-7,10,12,15H,2,5H2,(H,16,17). The minimum atomic E-state index is -0.929. The quantitative estimate of drug-likeness (QED) is 0.902. The van der Waals surface area contributed by atoms with E-state index in [0.717, 1.165) is 16.5 Å². The van der Waals surface area contributed by atoms with Gasteiger partial charge >= 0.3 is 5.97 Å². The zero-order valence-electron chi connectivity index (χ0n) is 9.14. The van der Waals surface area contributed by atoms with E-state index < -0.39 is 12.1 Å². The molecule has 2 rings (SSSR count). The molecule has 0 heterocycles. The Bertz CT molecular complexity index is 467. The van der Waals surface area contributed by atoms with Crippen LogP contribution in [0.3, 0.4) is 0 Å². The fraction of sp³-hybridized carbons (Fsp3) is 0.308. The van der Waals surface area contributed by atoms with Crippen LogP contribution in [0, 0.1) is 5.92 Å². The van der Waals surface area contributed by atoms with Crippen molar-refractivity contribution >= 4 is 21.9 Å². The Morgan fingerprint density at radius 2 is 2.24 bits per heavy atom. The number of carboxylic acid groups (broad SMARTS) is 1. The van der Waals surface area contributed by atoms with Crippen LogP contribution in [-0.2, 0) is 4.79 Å². The predicted molar refractivity (Wildman–Crippen MR) is 67.5 cm³/mol. The summed E-state index contributed by atoms with van der Waals surface area (Å²) in [7, 11) is 0. The van der Waals surface area contributed by atoms with Crippen LogP contribution >= 0.6 is 15.9 Å². The third-order valence-corrected chi connectivity index (χ3v) is 3.55. The molecule has 0 aromatic heterocycles. The van der Waals surface area contributed by atoms with Gasteiger partial charge in [-0.1, -0.05) is 34.1 Å². The average molecular weight is 297 g/mol. The summed E-state index contributed by atoms with van der Waals surface area (Å²) in [6.45, 7) is 0. The Morgan fingerprint density at radius 3 is 2.88 bits per heavy atom. The molecule has 0 amide bonds. The summed E-state index contributed by atoms with van der Waals surface area (Å²) in [4.78, 5) is 11.0. The van der Waals surface area contributed by atoms with Crippen molar-refractivity contribution in [2.24, 2.45) is 5.92 Å². The largest absolute Gasteiger partial charge is 0.478 e. The van der Waals surface area contributed by atoms with Gasteiger partial charge in [0.05, 0.1) is 6.10 Å². The van der Waals surface area contributed by atoms with E-state index in [2.05, 4.69) is 15.9 Å². The number of benzene rings is 1.